The minimum Gasteiger partial charge on any atom is -0.478 e. The van der Waals surface area contributed by atoms with Gasteiger partial charge in [0, 0.05) is 18.8 Å². The van der Waals surface area contributed by atoms with Gasteiger partial charge >= 0.3 is 5.97 Å². The number of carbonyl (C=O) groups is 3. The Bertz CT molecular complexity index is 871. The van der Waals surface area contributed by atoms with E-state index in [-0.39, 0.29) is 30.0 Å². The number of rotatable bonds is 8. The number of aromatic carboxylic acids is 1. The summed E-state index contributed by atoms with van der Waals surface area (Å²) in [6, 6.07) is 6.87. The van der Waals surface area contributed by atoms with E-state index < -0.39 is 5.97 Å². The Morgan fingerprint density at radius 1 is 1.14 bits per heavy atom. The van der Waals surface area contributed by atoms with Crippen molar-refractivity contribution in [1.29, 1.82) is 0 Å². The van der Waals surface area contributed by atoms with E-state index >= 15 is 0 Å². The van der Waals surface area contributed by atoms with E-state index in [1.54, 1.807) is 18.3 Å². The normalized spacial score (nSPS) is 14.3. The molecule has 3 rings (SSSR count). The minimum absolute atomic E-state index is 0.0890. The maximum atomic E-state index is 12.3. The molecule has 154 valence electrons. The van der Waals surface area contributed by atoms with Crippen LogP contribution in [-0.2, 0) is 17.8 Å². The largest absolute Gasteiger partial charge is 0.478 e. The van der Waals surface area contributed by atoms with Crippen LogP contribution in [0.2, 0.25) is 0 Å². The van der Waals surface area contributed by atoms with Gasteiger partial charge in [0.25, 0.3) is 5.91 Å². The van der Waals surface area contributed by atoms with Crippen LogP contribution >= 0.6 is 0 Å². The zero-order chi connectivity index (χ0) is 20.6. The number of nitrogens with zero attached hydrogens (tertiary/aromatic N) is 2. The number of carbonyl (C=O) groups excluding carboxylic acids is 2. The van der Waals surface area contributed by atoms with E-state index in [0.717, 1.165) is 31.2 Å². The highest BCUT2D eigenvalue weighted by Gasteiger charge is 2.16. The van der Waals surface area contributed by atoms with Gasteiger partial charge in [-0.2, -0.15) is 5.10 Å². The van der Waals surface area contributed by atoms with Gasteiger partial charge in [-0.3, -0.25) is 14.3 Å². The first-order valence-electron chi connectivity index (χ1n) is 9.93. The van der Waals surface area contributed by atoms with Crippen LogP contribution in [0.15, 0.2) is 36.7 Å². The van der Waals surface area contributed by atoms with Gasteiger partial charge in [-0.25, -0.2) is 4.79 Å². The smallest absolute Gasteiger partial charge is 0.335 e. The molecule has 1 aromatic heterocycles. The van der Waals surface area contributed by atoms with Gasteiger partial charge < -0.3 is 15.7 Å². The van der Waals surface area contributed by atoms with Crippen molar-refractivity contribution in [3.05, 3.63) is 53.3 Å². The maximum absolute atomic E-state index is 12.3. The molecule has 0 radical (unpaired) electrons. The topological polar surface area (TPSA) is 113 Å². The molecule has 0 saturated heterocycles. The molecule has 1 saturated carbocycles. The quantitative estimate of drug-likeness (QED) is 0.629. The van der Waals surface area contributed by atoms with Gasteiger partial charge in [-0.1, -0.05) is 31.4 Å². The number of carboxylic acid groups (broad SMARTS) is 1. The Morgan fingerprint density at radius 3 is 2.69 bits per heavy atom. The molecular formula is C21H26N4O4. The fraction of sp³-hybridized carbons (Fsp3) is 0.429. The molecule has 8 nitrogen and oxygen atoms in total. The molecule has 1 aromatic carbocycles. The lowest BCUT2D eigenvalue weighted by Gasteiger charge is -2.22. The summed E-state index contributed by atoms with van der Waals surface area (Å²) in [5.41, 5.74) is 1.44. The third-order valence-corrected chi connectivity index (χ3v) is 5.04. The zero-order valence-corrected chi connectivity index (χ0v) is 16.3. The van der Waals surface area contributed by atoms with Crippen LogP contribution in [0, 0.1) is 0 Å². The Labute approximate surface area is 169 Å². The number of amides is 2. The lowest BCUT2D eigenvalue weighted by molar-refractivity contribution is -0.122. The summed E-state index contributed by atoms with van der Waals surface area (Å²) in [6.07, 6.45) is 9.09. The van der Waals surface area contributed by atoms with Gasteiger partial charge in [-0.15, -0.1) is 0 Å². The summed E-state index contributed by atoms with van der Waals surface area (Å²) in [4.78, 5) is 35.4. The summed E-state index contributed by atoms with van der Waals surface area (Å²) in [6.45, 7) is 0.459. The number of aromatic nitrogens is 2. The molecule has 0 unspecified atom stereocenters. The summed E-state index contributed by atoms with van der Waals surface area (Å²) in [5, 5.41) is 18.9. The molecule has 0 aliphatic heterocycles. The Balaban J connectivity index is 1.44. The molecule has 0 bridgehead atoms. The van der Waals surface area contributed by atoms with Gasteiger partial charge in [0.2, 0.25) is 5.91 Å². The van der Waals surface area contributed by atoms with Gasteiger partial charge in [-0.05, 0) is 37.0 Å². The van der Waals surface area contributed by atoms with Crippen LogP contribution in [0.1, 0.15) is 58.4 Å². The van der Waals surface area contributed by atoms with Gasteiger partial charge in [0.1, 0.15) is 6.54 Å². The van der Waals surface area contributed by atoms with Crippen molar-refractivity contribution in [2.45, 2.75) is 51.1 Å². The number of hydrogen-bond acceptors (Lipinski definition) is 4. The van der Waals surface area contributed by atoms with Crippen molar-refractivity contribution in [2.24, 2.45) is 0 Å². The predicted octanol–water partition coefficient (Wildman–Crippen LogP) is 2.00. The van der Waals surface area contributed by atoms with Crippen LogP contribution in [0.25, 0.3) is 0 Å². The van der Waals surface area contributed by atoms with Crippen LogP contribution in [-0.4, -0.2) is 45.3 Å². The highest BCUT2D eigenvalue weighted by Crippen LogP contribution is 2.17. The van der Waals surface area contributed by atoms with E-state index in [1.165, 1.54) is 23.4 Å². The summed E-state index contributed by atoms with van der Waals surface area (Å²) >= 11 is 0. The second-order valence-corrected chi connectivity index (χ2v) is 7.34. The van der Waals surface area contributed by atoms with Crippen molar-refractivity contribution in [3.63, 3.8) is 0 Å². The van der Waals surface area contributed by atoms with Crippen LogP contribution in [0.5, 0.6) is 0 Å². The average Bonchev–Trinajstić information content (AvgIpc) is 3.17. The van der Waals surface area contributed by atoms with Crippen molar-refractivity contribution >= 4 is 17.8 Å². The van der Waals surface area contributed by atoms with Crippen molar-refractivity contribution in [2.75, 3.05) is 6.54 Å². The van der Waals surface area contributed by atoms with Crippen molar-refractivity contribution < 1.29 is 19.5 Å². The van der Waals surface area contributed by atoms with Gasteiger partial charge in [0.05, 0.1) is 17.3 Å². The zero-order valence-electron chi connectivity index (χ0n) is 16.3. The molecule has 1 heterocycles. The second-order valence-electron chi connectivity index (χ2n) is 7.34. The molecule has 1 fully saturated rings. The highest BCUT2D eigenvalue weighted by atomic mass is 16.4. The molecular weight excluding hydrogens is 372 g/mol. The first-order chi connectivity index (χ1) is 14.0. The van der Waals surface area contributed by atoms with Crippen molar-refractivity contribution in [3.8, 4) is 0 Å². The van der Waals surface area contributed by atoms with Crippen LogP contribution in [0.3, 0.4) is 0 Å². The van der Waals surface area contributed by atoms with Crippen molar-refractivity contribution in [1.82, 2.24) is 20.4 Å². The van der Waals surface area contributed by atoms with Crippen LogP contribution in [0.4, 0.5) is 0 Å². The molecule has 1 aliphatic rings. The van der Waals surface area contributed by atoms with Crippen LogP contribution < -0.4 is 10.6 Å². The minimum atomic E-state index is -0.976. The molecule has 3 N–H and O–H groups in total. The third-order valence-electron chi connectivity index (χ3n) is 5.04. The van der Waals surface area contributed by atoms with E-state index in [1.807, 2.05) is 6.07 Å². The fourth-order valence-electron chi connectivity index (χ4n) is 3.52. The monoisotopic (exact) mass is 398 g/mol. The first kappa shape index (κ1) is 20.6. The predicted molar refractivity (Wildman–Crippen MR) is 107 cm³/mol. The van der Waals surface area contributed by atoms with E-state index in [4.69, 9.17) is 5.11 Å². The molecule has 0 atom stereocenters. The second kappa shape index (κ2) is 9.86. The van der Waals surface area contributed by atoms with E-state index in [0.29, 0.717) is 18.5 Å². The fourth-order valence-corrected chi connectivity index (χ4v) is 3.52. The third kappa shape index (κ3) is 6.17. The molecule has 29 heavy (non-hydrogen) atoms. The molecule has 2 amide bonds. The summed E-state index contributed by atoms with van der Waals surface area (Å²) in [7, 11) is 0. The Hall–Kier alpha value is -3.16. The highest BCUT2D eigenvalue weighted by molar-refractivity contribution is 5.93. The molecule has 1 aliphatic carbocycles. The lowest BCUT2D eigenvalue weighted by Crippen LogP contribution is -2.38. The average molecular weight is 398 g/mol. The molecule has 0 spiro atoms. The molecule has 8 heteroatoms. The van der Waals surface area contributed by atoms with E-state index in [9.17, 15) is 14.4 Å². The number of hydrogen-bond donors (Lipinski definition) is 3. The Kier molecular flexibility index (Phi) is 6.99. The standard InChI is InChI=1S/C21H26N4O4/c26-19(24-18-7-2-1-3-8-18)14-25-13-17(12-23-25)20(27)22-10-9-15-5-4-6-16(11-15)21(28)29/h4-6,11-13,18H,1-3,7-10,14H2,(H,22,27)(H,24,26)(H,28,29). The Morgan fingerprint density at radius 2 is 1.93 bits per heavy atom. The number of nitrogens with one attached hydrogen (secondary N) is 2. The lowest BCUT2D eigenvalue weighted by atomic mass is 9.95. The first-order valence-corrected chi connectivity index (χ1v) is 9.93. The SMILES string of the molecule is O=C(Cn1cc(C(=O)NCCc2cccc(C(=O)O)c2)cn1)NC1CCCCC1. The number of carboxylic acids is 1. The maximum Gasteiger partial charge on any atom is 0.335 e. The summed E-state index contributed by atoms with van der Waals surface area (Å²) < 4.78 is 1.46. The number of benzene rings is 1. The molecule has 2 aromatic rings. The van der Waals surface area contributed by atoms with Gasteiger partial charge in [0.15, 0.2) is 0 Å². The van der Waals surface area contributed by atoms with E-state index in [2.05, 4.69) is 15.7 Å². The summed E-state index contributed by atoms with van der Waals surface area (Å²) in [5.74, 6) is -1.35.